The topological polar surface area (TPSA) is 72.0 Å². The van der Waals surface area contributed by atoms with Crippen molar-refractivity contribution in [1.29, 1.82) is 0 Å². The van der Waals surface area contributed by atoms with E-state index in [9.17, 15) is 9.59 Å². The third kappa shape index (κ3) is 3.29. The number of carbonyl (C=O) groups excluding carboxylic acids is 1. The van der Waals surface area contributed by atoms with Gasteiger partial charge in [0.15, 0.2) is 0 Å². The van der Waals surface area contributed by atoms with E-state index in [1.807, 2.05) is 24.3 Å². The minimum atomic E-state index is -0.692. The Hall–Kier alpha value is -1.95. The zero-order chi connectivity index (χ0) is 13.8. The first-order valence-electron chi connectivity index (χ1n) is 5.51. The van der Waals surface area contributed by atoms with Crippen LogP contribution < -0.4 is 5.56 Å². The lowest BCUT2D eigenvalue weighted by atomic mass is 10.1. The first-order valence-corrected chi connectivity index (χ1v) is 6.30. The molecule has 2 rings (SSSR count). The SMILES string of the molecule is COC(=O)c1cnc(Cc2cccc(Br)c2)[nH]c1=O. The quantitative estimate of drug-likeness (QED) is 0.876. The van der Waals surface area contributed by atoms with Crippen molar-refractivity contribution < 1.29 is 9.53 Å². The average molecular weight is 323 g/mol. The maximum absolute atomic E-state index is 11.7. The first kappa shape index (κ1) is 13.5. The van der Waals surface area contributed by atoms with Gasteiger partial charge >= 0.3 is 5.97 Å². The maximum atomic E-state index is 11.7. The summed E-state index contributed by atoms with van der Waals surface area (Å²) in [4.78, 5) is 29.6. The van der Waals surface area contributed by atoms with Gasteiger partial charge in [-0.2, -0.15) is 0 Å². The number of aromatic amines is 1. The predicted octanol–water partition coefficient (Wildman–Crippen LogP) is 1.91. The number of esters is 1. The number of aromatic nitrogens is 2. The Morgan fingerprint density at radius 3 is 2.89 bits per heavy atom. The molecule has 0 unspecified atom stereocenters. The van der Waals surface area contributed by atoms with Crippen molar-refractivity contribution in [3.63, 3.8) is 0 Å². The molecule has 6 heteroatoms. The molecule has 1 N–H and O–H groups in total. The number of H-pyrrole nitrogens is 1. The van der Waals surface area contributed by atoms with E-state index < -0.39 is 11.5 Å². The number of ether oxygens (including phenoxy) is 1. The van der Waals surface area contributed by atoms with E-state index in [1.54, 1.807) is 0 Å². The lowest BCUT2D eigenvalue weighted by Gasteiger charge is -2.03. The fourth-order valence-electron chi connectivity index (χ4n) is 1.62. The van der Waals surface area contributed by atoms with Gasteiger partial charge in [0.05, 0.1) is 7.11 Å². The summed E-state index contributed by atoms with van der Waals surface area (Å²) in [6.07, 6.45) is 1.72. The van der Waals surface area contributed by atoms with Crippen LogP contribution in [0.4, 0.5) is 0 Å². The molecule has 1 heterocycles. The number of methoxy groups -OCH3 is 1. The molecule has 0 fully saturated rings. The number of rotatable bonds is 3. The Kier molecular flexibility index (Phi) is 4.11. The van der Waals surface area contributed by atoms with Gasteiger partial charge in [0.1, 0.15) is 11.4 Å². The van der Waals surface area contributed by atoms with Crippen molar-refractivity contribution in [3.8, 4) is 0 Å². The maximum Gasteiger partial charge on any atom is 0.345 e. The van der Waals surface area contributed by atoms with Crippen LogP contribution in [0.5, 0.6) is 0 Å². The second-order valence-corrected chi connectivity index (χ2v) is 4.79. The third-order valence-electron chi connectivity index (χ3n) is 2.52. The molecule has 0 aliphatic rings. The number of carbonyl (C=O) groups is 1. The molecule has 0 aliphatic carbocycles. The minimum absolute atomic E-state index is 0.0968. The fraction of sp³-hybridized carbons (Fsp3) is 0.154. The summed E-state index contributed by atoms with van der Waals surface area (Å²) in [5, 5.41) is 0. The van der Waals surface area contributed by atoms with Gasteiger partial charge in [0.2, 0.25) is 0 Å². The highest BCUT2D eigenvalue weighted by atomic mass is 79.9. The average Bonchev–Trinajstić information content (AvgIpc) is 2.38. The van der Waals surface area contributed by atoms with E-state index in [0.29, 0.717) is 12.2 Å². The lowest BCUT2D eigenvalue weighted by Crippen LogP contribution is -2.21. The van der Waals surface area contributed by atoms with Crippen molar-refractivity contribution in [2.24, 2.45) is 0 Å². The molecule has 0 atom stereocenters. The molecule has 98 valence electrons. The number of halogens is 1. The predicted molar refractivity (Wildman–Crippen MR) is 73.1 cm³/mol. The van der Waals surface area contributed by atoms with Crippen molar-refractivity contribution in [1.82, 2.24) is 9.97 Å². The Labute approximate surface area is 117 Å². The second kappa shape index (κ2) is 5.79. The minimum Gasteiger partial charge on any atom is -0.465 e. The molecule has 1 aromatic carbocycles. The molecular formula is C13H11BrN2O3. The first-order chi connectivity index (χ1) is 9.10. The second-order valence-electron chi connectivity index (χ2n) is 3.87. The highest BCUT2D eigenvalue weighted by Crippen LogP contribution is 2.13. The molecule has 0 saturated heterocycles. The molecule has 0 bridgehead atoms. The lowest BCUT2D eigenvalue weighted by molar-refractivity contribution is 0.0598. The largest absolute Gasteiger partial charge is 0.465 e. The van der Waals surface area contributed by atoms with Crippen molar-refractivity contribution >= 4 is 21.9 Å². The molecule has 0 amide bonds. The van der Waals surface area contributed by atoms with Crippen LogP contribution in [0.1, 0.15) is 21.7 Å². The van der Waals surface area contributed by atoms with E-state index in [-0.39, 0.29) is 5.56 Å². The Balaban J connectivity index is 2.26. The Morgan fingerprint density at radius 1 is 1.47 bits per heavy atom. The van der Waals surface area contributed by atoms with E-state index in [1.165, 1.54) is 13.3 Å². The highest BCUT2D eigenvalue weighted by molar-refractivity contribution is 9.10. The van der Waals surface area contributed by atoms with E-state index >= 15 is 0 Å². The molecule has 0 saturated carbocycles. The van der Waals surface area contributed by atoms with Crippen LogP contribution in [0.25, 0.3) is 0 Å². The number of hydrogen-bond donors (Lipinski definition) is 1. The zero-order valence-corrected chi connectivity index (χ0v) is 11.7. The van der Waals surface area contributed by atoms with Gasteiger partial charge < -0.3 is 9.72 Å². The van der Waals surface area contributed by atoms with Crippen LogP contribution in [0.2, 0.25) is 0 Å². The van der Waals surface area contributed by atoms with Gasteiger partial charge in [0, 0.05) is 17.1 Å². The summed E-state index contributed by atoms with van der Waals surface area (Å²) in [6, 6.07) is 7.69. The highest BCUT2D eigenvalue weighted by Gasteiger charge is 2.11. The van der Waals surface area contributed by atoms with Crippen LogP contribution in [0.15, 0.2) is 39.7 Å². The number of hydrogen-bond acceptors (Lipinski definition) is 4. The summed E-state index contributed by atoms with van der Waals surface area (Å²) < 4.78 is 5.44. The van der Waals surface area contributed by atoms with Crippen LogP contribution >= 0.6 is 15.9 Å². The monoisotopic (exact) mass is 322 g/mol. The summed E-state index contributed by atoms with van der Waals surface area (Å²) in [5.41, 5.74) is 0.413. The van der Waals surface area contributed by atoms with Crippen LogP contribution in [0.3, 0.4) is 0 Å². The van der Waals surface area contributed by atoms with Crippen LogP contribution in [-0.2, 0) is 11.2 Å². The summed E-state index contributed by atoms with van der Waals surface area (Å²) in [6.45, 7) is 0. The standard InChI is InChI=1S/C13H11BrN2O3/c1-19-13(18)10-7-15-11(16-12(10)17)6-8-3-2-4-9(14)5-8/h2-5,7H,6H2,1H3,(H,15,16,17). The van der Waals surface area contributed by atoms with Gasteiger partial charge in [0.25, 0.3) is 5.56 Å². The molecule has 0 spiro atoms. The third-order valence-corrected chi connectivity index (χ3v) is 3.01. The molecule has 0 aliphatic heterocycles. The van der Waals surface area contributed by atoms with Gasteiger partial charge in [-0.05, 0) is 17.7 Å². The zero-order valence-electron chi connectivity index (χ0n) is 10.1. The summed E-state index contributed by atoms with van der Waals surface area (Å²) >= 11 is 3.38. The van der Waals surface area contributed by atoms with Crippen molar-refractivity contribution in [2.45, 2.75) is 6.42 Å². The molecule has 2 aromatic rings. The fourth-order valence-corrected chi connectivity index (χ4v) is 2.06. The van der Waals surface area contributed by atoms with E-state index in [4.69, 9.17) is 0 Å². The molecular weight excluding hydrogens is 312 g/mol. The number of nitrogens with one attached hydrogen (secondary N) is 1. The van der Waals surface area contributed by atoms with Gasteiger partial charge in [-0.15, -0.1) is 0 Å². The van der Waals surface area contributed by atoms with Crippen LogP contribution in [0, 0.1) is 0 Å². The summed E-state index contributed by atoms with van der Waals surface area (Å²) in [7, 11) is 1.22. The summed E-state index contributed by atoms with van der Waals surface area (Å²) in [5.74, 6) is -0.196. The molecule has 1 aromatic heterocycles. The van der Waals surface area contributed by atoms with E-state index in [0.717, 1.165) is 10.0 Å². The Bertz CT molecular complexity index is 667. The molecule has 19 heavy (non-hydrogen) atoms. The Morgan fingerprint density at radius 2 is 2.26 bits per heavy atom. The van der Waals surface area contributed by atoms with Crippen molar-refractivity contribution in [2.75, 3.05) is 7.11 Å². The van der Waals surface area contributed by atoms with Gasteiger partial charge in [-0.25, -0.2) is 9.78 Å². The van der Waals surface area contributed by atoms with Gasteiger partial charge in [-0.1, -0.05) is 28.1 Å². The molecule has 5 nitrogen and oxygen atoms in total. The smallest absolute Gasteiger partial charge is 0.345 e. The van der Waals surface area contributed by atoms with Crippen LogP contribution in [-0.4, -0.2) is 23.0 Å². The number of benzene rings is 1. The normalized spacial score (nSPS) is 10.2. The number of nitrogens with zero attached hydrogens (tertiary/aromatic N) is 1. The van der Waals surface area contributed by atoms with E-state index in [2.05, 4.69) is 30.6 Å². The van der Waals surface area contributed by atoms with Gasteiger partial charge in [-0.3, -0.25) is 4.79 Å². The van der Waals surface area contributed by atoms with Crippen molar-refractivity contribution in [3.05, 3.63) is 62.2 Å². The molecule has 0 radical (unpaired) electrons.